The molecule has 1 aromatic carbocycles. The maximum Gasteiger partial charge on any atom is 0.312 e. The van der Waals surface area contributed by atoms with Gasteiger partial charge in [-0.05, 0) is 56.4 Å². The molecule has 1 aromatic heterocycles. The smallest absolute Gasteiger partial charge is 0.312 e. The molecule has 0 radical (unpaired) electrons. The van der Waals surface area contributed by atoms with Crippen molar-refractivity contribution in [1.82, 2.24) is 10.1 Å². The summed E-state index contributed by atoms with van der Waals surface area (Å²) in [4.78, 5) is 27.3. The van der Waals surface area contributed by atoms with E-state index in [9.17, 15) is 14.0 Å². The van der Waals surface area contributed by atoms with Gasteiger partial charge in [0, 0.05) is 37.1 Å². The van der Waals surface area contributed by atoms with E-state index in [1.165, 1.54) is 12.1 Å². The first kappa shape index (κ1) is 20.6. The predicted molar refractivity (Wildman–Crippen MR) is 108 cm³/mol. The minimum Gasteiger partial charge on any atom is -0.466 e. The number of amides is 1. The summed E-state index contributed by atoms with van der Waals surface area (Å²) < 4.78 is 24.1. The molecule has 30 heavy (non-hydrogen) atoms. The highest BCUT2D eigenvalue weighted by molar-refractivity contribution is 5.82. The number of piperidine rings is 1. The van der Waals surface area contributed by atoms with Crippen LogP contribution >= 0.6 is 0 Å². The molecule has 1 amide bonds. The first-order chi connectivity index (χ1) is 14.4. The van der Waals surface area contributed by atoms with Crippen LogP contribution in [0.15, 0.2) is 34.9 Å². The van der Waals surface area contributed by atoms with Crippen molar-refractivity contribution >= 4 is 11.9 Å². The summed E-state index contributed by atoms with van der Waals surface area (Å²) in [5.41, 5.74) is 0.608. The lowest BCUT2D eigenvalue weighted by atomic mass is 9.74. The lowest BCUT2D eigenvalue weighted by Crippen LogP contribution is -2.48. The Hall–Kier alpha value is -2.70. The molecule has 4 rings (SSSR count). The Morgan fingerprint density at radius 2 is 1.93 bits per heavy atom. The number of ether oxygens (including phenoxy) is 1. The molecule has 7 heteroatoms. The Morgan fingerprint density at radius 1 is 1.27 bits per heavy atom. The zero-order chi connectivity index (χ0) is 21.3. The van der Waals surface area contributed by atoms with Crippen molar-refractivity contribution in [2.75, 3.05) is 19.7 Å². The Balaban J connectivity index is 1.49. The average molecular weight is 414 g/mol. The second kappa shape index (κ2) is 8.20. The molecule has 0 bridgehead atoms. The van der Waals surface area contributed by atoms with Crippen molar-refractivity contribution in [3.63, 3.8) is 0 Å². The fourth-order valence-corrected chi connectivity index (χ4v) is 4.28. The van der Waals surface area contributed by atoms with Gasteiger partial charge in [0.15, 0.2) is 0 Å². The Kier molecular flexibility index (Phi) is 5.62. The van der Waals surface area contributed by atoms with Crippen molar-refractivity contribution < 1.29 is 23.2 Å². The molecule has 2 unspecified atom stereocenters. The number of benzene rings is 1. The van der Waals surface area contributed by atoms with Crippen molar-refractivity contribution in [3.05, 3.63) is 41.9 Å². The number of halogens is 1. The summed E-state index contributed by atoms with van der Waals surface area (Å²) in [5.74, 6) is 0.833. The lowest BCUT2D eigenvalue weighted by molar-refractivity contribution is -0.160. The predicted octanol–water partition coefficient (Wildman–Crippen LogP) is 3.85. The standard InChI is InChI=1S/C23H27FN2O4/c1-3-29-22(28)23(8-10-26(11-9-23)21(27)19-12-15(19)2)14-18-13-20(25-30-18)16-4-6-17(24)7-5-16/h4-7,13,15,19H,3,8-12,14H2,1-2H3. The summed E-state index contributed by atoms with van der Waals surface area (Å²) in [7, 11) is 0. The number of hydrogen-bond donors (Lipinski definition) is 0. The summed E-state index contributed by atoms with van der Waals surface area (Å²) >= 11 is 0. The number of carbonyl (C=O) groups excluding carboxylic acids is 2. The highest BCUT2D eigenvalue weighted by Gasteiger charge is 2.47. The quantitative estimate of drug-likeness (QED) is 0.672. The molecule has 1 saturated carbocycles. The topological polar surface area (TPSA) is 72.6 Å². The monoisotopic (exact) mass is 414 g/mol. The van der Waals surface area contributed by atoms with E-state index >= 15 is 0 Å². The molecule has 2 atom stereocenters. The van der Waals surface area contributed by atoms with E-state index in [4.69, 9.17) is 9.26 Å². The van der Waals surface area contributed by atoms with Crippen molar-refractivity contribution in [2.24, 2.45) is 17.3 Å². The van der Waals surface area contributed by atoms with Crippen molar-refractivity contribution in [2.45, 2.75) is 39.5 Å². The minimum absolute atomic E-state index is 0.146. The van der Waals surface area contributed by atoms with Gasteiger partial charge in [0.2, 0.25) is 5.91 Å². The van der Waals surface area contributed by atoms with Crippen LogP contribution in [0.2, 0.25) is 0 Å². The van der Waals surface area contributed by atoms with Crippen LogP contribution in [0.3, 0.4) is 0 Å². The Bertz CT molecular complexity index is 916. The van der Waals surface area contributed by atoms with Gasteiger partial charge in [-0.15, -0.1) is 0 Å². The van der Waals surface area contributed by atoms with Crippen LogP contribution in [-0.4, -0.2) is 41.6 Å². The molecule has 6 nitrogen and oxygen atoms in total. The fourth-order valence-electron chi connectivity index (χ4n) is 4.28. The summed E-state index contributed by atoms with van der Waals surface area (Å²) in [6.07, 6.45) is 2.39. The number of nitrogens with zero attached hydrogens (tertiary/aromatic N) is 2. The van der Waals surface area contributed by atoms with Gasteiger partial charge in [-0.1, -0.05) is 12.1 Å². The van der Waals surface area contributed by atoms with Crippen LogP contribution in [0.4, 0.5) is 4.39 Å². The van der Waals surface area contributed by atoms with Gasteiger partial charge in [-0.25, -0.2) is 4.39 Å². The van der Waals surface area contributed by atoms with Crippen LogP contribution in [0.25, 0.3) is 11.3 Å². The van der Waals surface area contributed by atoms with Crippen LogP contribution in [-0.2, 0) is 20.7 Å². The second-order valence-corrected chi connectivity index (χ2v) is 8.51. The Morgan fingerprint density at radius 3 is 2.53 bits per heavy atom. The maximum absolute atomic E-state index is 13.2. The normalized spacial score (nSPS) is 22.6. The summed E-state index contributed by atoms with van der Waals surface area (Å²) in [6.45, 7) is 5.28. The average Bonchev–Trinajstić information content (AvgIpc) is 3.30. The number of esters is 1. The molecule has 1 saturated heterocycles. The van der Waals surface area contributed by atoms with Gasteiger partial charge in [-0.2, -0.15) is 0 Å². The highest BCUT2D eigenvalue weighted by Crippen LogP contribution is 2.42. The first-order valence-electron chi connectivity index (χ1n) is 10.6. The minimum atomic E-state index is -0.735. The number of rotatable bonds is 6. The third kappa shape index (κ3) is 4.11. The SMILES string of the molecule is CCOC(=O)C1(Cc2cc(-c3ccc(F)cc3)no2)CCN(C(=O)C2CC2C)CC1. The zero-order valence-electron chi connectivity index (χ0n) is 17.4. The maximum atomic E-state index is 13.2. The molecule has 2 aromatic rings. The largest absolute Gasteiger partial charge is 0.466 e. The van der Waals surface area contributed by atoms with E-state index in [1.807, 2.05) is 4.90 Å². The first-order valence-corrected chi connectivity index (χ1v) is 10.6. The lowest BCUT2D eigenvalue weighted by Gasteiger charge is -2.39. The van der Waals surface area contributed by atoms with Crippen molar-refractivity contribution in [3.8, 4) is 11.3 Å². The van der Waals surface area contributed by atoms with E-state index in [2.05, 4.69) is 12.1 Å². The Labute approximate surface area is 175 Å². The van der Waals surface area contributed by atoms with Gasteiger partial charge >= 0.3 is 5.97 Å². The number of carbonyl (C=O) groups is 2. The molecule has 0 N–H and O–H groups in total. The molecule has 1 aliphatic carbocycles. The fraction of sp³-hybridized carbons (Fsp3) is 0.522. The molecule has 1 aliphatic heterocycles. The van der Waals surface area contributed by atoms with Crippen LogP contribution in [0, 0.1) is 23.1 Å². The molecule has 2 fully saturated rings. The molecular formula is C23H27FN2O4. The second-order valence-electron chi connectivity index (χ2n) is 8.51. The van der Waals surface area contributed by atoms with E-state index in [1.54, 1.807) is 25.1 Å². The summed E-state index contributed by atoms with van der Waals surface area (Å²) in [6, 6.07) is 7.81. The third-order valence-electron chi connectivity index (χ3n) is 6.38. The number of likely N-dealkylation sites (tertiary alicyclic amines) is 1. The molecular weight excluding hydrogens is 387 g/mol. The van der Waals surface area contributed by atoms with Crippen molar-refractivity contribution in [1.29, 1.82) is 0 Å². The van der Waals surface area contributed by atoms with Crippen LogP contribution in [0.1, 0.15) is 38.9 Å². The highest BCUT2D eigenvalue weighted by atomic mass is 19.1. The molecule has 2 heterocycles. The number of hydrogen-bond acceptors (Lipinski definition) is 5. The molecule has 2 aliphatic rings. The van der Waals surface area contributed by atoms with E-state index in [0.717, 1.165) is 12.0 Å². The molecule has 0 spiro atoms. The van der Waals surface area contributed by atoms with E-state index in [-0.39, 0.29) is 23.6 Å². The van der Waals surface area contributed by atoms with Crippen LogP contribution < -0.4 is 0 Å². The van der Waals surface area contributed by atoms with Crippen LogP contribution in [0.5, 0.6) is 0 Å². The molecule has 160 valence electrons. The van der Waals surface area contributed by atoms with E-state index in [0.29, 0.717) is 56.3 Å². The van der Waals surface area contributed by atoms with Gasteiger partial charge in [0.25, 0.3) is 0 Å². The van der Waals surface area contributed by atoms with E-state index < -0.39 is 5.41 Å². The van der Waals surface area contributed by atoms with Gasteiger partial charge in [0.1, 0.15) is 17.3 Å². The third-order valence-corrected chi connectivity index (χ3v) is 6.38. The van der Waals surface area contributed by atoms with Gasteiger partial charge in [0.05, 0.1) is 12.0 Å². The summed E-state index contributed by atoms with van der Waals surface area (Å²) in [5, 5.41) is 4.09. The number of aromatic nitrogens is 1. The van der Waals surface area contributed by atoms with Gasteiger partial charge in [-0.3, -0.25) is 9.59 Å². The van der Waals surface area contributed by atoms with Gasteiger partial charge < -0.3 is 14.2 Å². The zero-order valence-corrected chi connectivity index (χ0v) is 17.4.